The SMILES string of the molecule is O=C(Nc1cnc(Cl)c(Br)c1)C1Cc2ccccc21. The van der Waals surface area contributed by atoms with Crippen molar-refractivity contribution < 1.29 is 4.79 Å². The highest BCUT2D eigenvalue weighted by Crippen LogP contribution is 2.35. The number of amides is 1. The molecule has 0 spiro atoms. The van der Waals surface area contributed by atoms with Gasteiger partial charge in [0.25, 0.3) is 0 Å². The van der Waals surface area contributed by atoms with Gasteiger partial charge in [-0.2, -0.15) is 0 Å². The van der Waals surface area contributed by atoms with E-state index in [9.17, 15) is 4.79 Å². The van der Waals surface area contributed by atoms with Gasteiger partial charge in [-0.3, -0.25) is 4.79 Å². The van der Waals surface area contributed by atoms with Crippen molar-refractivity contribution in [1.29, 1.82) is 0 Å². The number of aromatic nitrogens is 1. The van der Waals surface area contributed by atoms with Crippen LogP contribution in [0.1, 0.15) is 17.0 Å². The molecule has 1 aromatic carbocycles. The molecule has 3 rings (SSSR count). The Morgan fingerprint density at radius 2 is 2.21 bits per heavy atom. The lowest BCUT2D eigenvalue weighted by Crippen LogP contribution is -2.30. The van der Waals surface area contributed by atoms with E-state index in [1.807, 2.05) is 18.2 Å². The molecule has 1 amide bonds. The van der Waals surface area contributed by atoms with Gasteiger partial charge in [-0.15, -0.1) is 0 Å². The van der Waals surface area contributed by atoms with Crippen LogP contribution in [0.15, 0.2) is 41.0 Å². The lowest BCUT2D eigenvalue weighted by Gasteiger charge is -2.28. The second-order valence-corrected chi connectivity index (χ2v) is 5.65. The fourth-order valence-electron chi connectivity index (χ4n) is 2.21. The number of pyridine rings is 1. The average Bonchev–Trinajstić information content (AvgIpc) is 2.35. The molecule has 1 aromatic heterocycles. The number of nitrogens with one attached hydrogen (secondary N) is 1. The number of hydrogen-bond donors (Lipinski definition) is 1. The van der Waals surface area contributed by atoms with E-state index < -0.39 is 0 Å². The zero-order valence-electron chi connectivity index (χ0n) is 9.86. The first kappa shape index (κ1) is 12.6. The van der Waals surface area contributed by atoms with Gasteiger partial charge in [0, 0.05) is 0 Å². The van der Waals surface area contributed by atoms with Crippen molar-refractivity contribution in [2.75, 3.05) is 5.32 Å². The normalized spacial score (nSPS) is 16.4. The van der Waals surface area contributed by atoms with Crippen molar-refractivity contribution in [3.8, 4) is 0 Å². The summed E-state index contributed by atoms with van der Waals surface area (Å²) in [6.45, 7) is 0. The number of rotatable bonds is 2. The van der Waals surface area contributed by atoms with Crippen LogP contribution in [0.25, 0.3) is 0 Å². The standard InChI is InChI=1S/C14H10BrClN2O/c15-12-6-9(7-17-13(12)16)18-14(19)11-5-8-3-1-2-4-10(8)11/h1-4,6-7,11H,5H2,(H,18,19). The third kappa shape index (κ3) is 2.38. The summed E-state index contributed by atoms with van der Waals surface area (Å²) in [4.78, 5) is 16.1. The minimum Gasteiger partial charge on any atom is -0.324 e. The number of carbonyl (C=O) groups excluding carboxylic acids is 1. The first-order valence-electron chi connectivity index (χ1n) is 5.85. The molecule has 1 aliphatic carbocycles. The van der Waals surface area contributed by atoms with Gasteiger partial charge in [-0.05, 0) is 39.5 Å². The predicted octanol–water partition coefficient (Wildman–Crippen LogP) is 3.78. The van der Waals surface area contributed by atoms with Crippen LogP contribution < -0.4 is 5.32 Å². The number of fused-ring (bicyclic) bond motifs is 1. The third-order valence-corrected chi connectivity index (χ3v) is 4.37. The Morgan fingerprint density at radius 3 is 2.95 bits per heavy atom. The number of carbonyl (C=O) groups is 1. The van der Waals surface area contributed by atoms with E-state index >= 15 is 0 Å². The molecule has 3 nitrogen and oxygen atoms in total. The fraction of sp³-hybridized carbons (Fsp3) is 0.143. The number of halogens is 2. The highest BCUT2D eigenvalue weighted by Gasteiger charge is 2.31. The number of anilines is 1. The van der Waals surface area contributed by atoms with Crippen LogP contribution in [0.2, 0.25) is 5.15 Å². The van der Waals surface area contributed by atoms with Crippen LogP contribution >= 0.6 is 27.5 Å². The molecule has 0 radical (unpaired) electrons. The number of hydrogen-bond acceptors (Lipinski definition) is 2. The highest BCUT2D eigenvalue weighted by atomic mass is 79.9. The Balaban J connectivity index is 1.75. The summed E-state index contributed by atoms with van der Waals surface area (Å²) in [5.41, 5.74) is 3.00. The van der Waals surface area contributed by atoms with Crippen LogP contribution in [0.4, 0.5) is 5.69 Å². The summed E-state index contributed by atoms with van der Waals surface area (Å²) in [6.07, 6.45) is 2.35. The molecule has 2 aromatic rings. The molecule has 1 heterocycles. The van der Waals surface area contributed by atoms with Gasteiger partial charge >= 0.3 is 0 Å². The summed E-state index contributed by atoms with van der Waals surface area (Å²) in [5.74, 6) is -0.0691. The first-order chi connectivity index (χ1) is 9.15. The highest BCUT2D eigenvalue weighted by molar-refractivity contribution is 9.10. The van der Waals surface area contributed by atoms with E-state index in [-0.39, 0.29) is 11.8 Å². The van der Waals surface area contributed by atoms with Crippen LogP contribution in [-0.4, -0.2) is 10.9 Å². The van der Waals surface area contributed by atoms with Gasteiger partial charge in [0.05, 0.1) is 22.3 Å². The Bertz CT molecular complexity index is 660. The Morgan fingerprint density at radius 1 is 1.42 bits per heavy atom. The van der Waals surface area contributed by atoms with E-state index in [1.54, 1.807) is 12.3 Å². The van der Waals surface area contributed by atoms with Crippen LogP contribution in [0.3, 0.4) is 0 Å². The molecule has 0 bridgehead atoms. The topological polar surface area (TPSA) is 42.0 Å². The smallest absolute Gasteiger partial charge is 0.232 e. The fourth-order valence-corrected chi connectivity index (χ4v) is 2.66. The maximum Gasteiger partial charge on any atom is 0.232 e. The molecule has 0 aliphatic heterocycles. The predicted molar refractivity (Wildman–Crippen MR) is 78.5 cm³/mol. The molecule has 1 N–H and O–H groups in total. The lowest BCUT2D eigenvalue weighted by atomic mass is 9.77. The zero-order valence-corrected chi connectivity index (χ0v) is 12.2. The molecule has 0 fully saturated rings. The molecule has 1 atom stereocenters. The van der Waals surface area contributed by atoms with Crippen LogP contribution in [-0.2, 0) is 11.2 Å². The minimum absolute atomic E-state index is 0.00489. The van der Waals surface area contributed by atoms with Crippen molar-refractivity contribution in [3.05, 3.63) is 57.3 Å². The van der Waals surface area contributed by atoms with Gasteiger partial charge in [-0.25, -0.2) is 4.98 Å². The second kappa shape index (κ2) is 4.94. The summed E-state index contributed by atoms with van der Waals surface area (Å²) in [7, 11) is 0. The van der Waals surface area contributed by atoms with Crippen LogP contribution in [0.5, 0.6) is 0 Å². The van der Waals surface area contributed by atoms with Gasteiger partial charge in [0.15, 0.2) is 0 Å². The summed E-state index contributed by atoms with van der Waals surface area (Å²) in [6, 6.07) is 9.75. The maximum atomic E-state index is 12.2. The van der Waals surface area contributed by atoms with Gasteiger partial charge in [0.2, 0.25) is 5.91 Å². The maximum absolute atomic E-state index is 12.2. The van der Waals surface area contributed by atoms with Crippen LogP contribution in [0, 0.1) is 0 Å². The molecule has 1 unspecified atom stereocenters. The van der Waals surface area contributed by atoms with Crippen molar-refractivity contribution in [1.82, 2.24) is 4.98 Å². The molecule has 96 valence electrons. The Hall–Kier alpha value is -1.39. The summed E-state index contributed by atoms with van der Waals surface area (Å²) < 4.78 is 0.668. The average molecular weight is 338 g/mol. The Kier molecular flexibility index (Phi) is 3.29. The van der Waals surface area contributed by atoms with Gasteiger partial charge < -0.3 is 5.32 Å². The molecule has 0 saturated carbocycles. The van der Waals surface area contributed by atoms with E-state index in [0.717, 1.165) is 12.0 Å². The monoisotopic (exact) mass is 336 g/mol. The van der Waals surface area contributed by atoms with Crippen molar-refractivity contribution in [3.63, 3.8) is 0 Å². The van der Waals surface area contributed by atoms with Gasteiger partial charge in [-0.1, -0.05) is 35.9 Å². The van der Waals surface area contributed by atoms with Gasteiger partial charge in [0.1, 0.15) is 5.15 Å². The molecule has 5 heteroatoms. The lowest BCUT2D eigenvalue weighted by molar-refractivity contribution is -0.118. The number of nitrogens with zero attached hydrogens (tertiary/aromatic N) is 1. The molecular formula is C14H10BrClN2O. The molecule has 0 saturated heterocycles. The molecular weight excluding hydrogens is 328 g/mol. The minimum atomic E-state index is -0.0642. The Labute approximate surface area is 124 Å². The first-order valence-corrected chi connectivity index (χ1v) is 7.02. The van der Waals surface area contributed by atoms with E-state index in [4.69, 9.17) is 11.6 Å². The molecule has 1 aliphatic rings. The summed E-state index contributed by atoms with van der Waals surface area (Å²) in [5, 5.41) is 3.24. The van der Waals surface area contributed by atoms with E-state index in [1.165, 1.54) is 5.56 Å². The largest absolute Gasteiger partial charge is 0.324 e. The quantitative estimate of drug-likeness (QED) is 0.848. The van der Waals surface area contributed by atoms with E-state index in [0.29, 0.717) is 15.3 Å². The third-order valence-electron chi connectivity index (χ3n) is 3.23. The van der Waals surface area contributed by atoms with Crippen molar-refractivity contribution in [2.24, 2.45) is 0 Å². The number of benzene rings is 1. The van der Waals surface area contributed by atoms with Crippen molar-refractivity contribution >= 4 is 39.1 Å². The second-order valence-electron chi connectivity index (χ2n) is 4.44. The van der Waals surface area contributed by atoms with Crippen molar-refractivity contribution in [2.45, 2.75) is 12.3 Å². The molecule has 19 heavy (non-hydrogen) atoms. The van der Waals surface area contributed by atoms with E-state index in [2.05, 4.69) is 32.3 Å². The zero-order chi connectivity index (χ0) is 13.4. The summed E-state index contributed by atoms with van der Waals surface area (Å²) >= 11 is 9.10.